The van der Waals surface area contributed by atoms with Gasteiger partial charge in [0.25, 0.3) is 0 Å². The molecule has 3 aromatic heterocycles. The lowest BCUT2D eigenvalue weighted by Gasteiger charge is -2.19. The maximum Gasteiger partial charge on any atom is 0.416 e. The fraction of sp³-hybridized carbons (Fsp3) is 0.0714. The molecule has 0 unspecified atom stereocenters. The first-order chi connectivity index (χ1) is 33.9. The summed E-state index contributed by atoms with van der Waals surface area (Å²) in [6, 6.07) is 43.2. The molecule has 3 heterocycles. The number of aryl methyl sites for hydroxylation is 1. The molecule has 15 heteroatoms. The molecule has 0 aliphatic heterocycles. The molecule has 11 aromatic rings. The Hall–Kier alpha value is -8.77. The average Bonchev–Trinajstić information content (AvgIpc) is 3.87. The highest BCUT2D eigenvalue weighted by Crippen LogP contribution is 2.45. The zero-order valence-corrected chi connectivity index (χ0v) is 36.8. The zero-order valence-electron chi connectivity index (χ0n) is 36.8. The minimum atomic E-state index is -4.81. The number of rotatable bonds is 6. The molecule has 0 saturated carbocycles. The molecule has 8 aromatic carbocycles. The second-order valence-electron chi connectivity index (χ2n) is 17.0. The molecular formula is C56H31F9N6. The molecule has 0 aliphatic carbocycles. The molecule has 0 bridgehead atoms. The first-order valence-corrected chi connectivity index (χ1v) is 21.8. The Kier molecular flexibility index (Phi) is 10.4. The van der Waals surface area contributed by atoms with Gasteiger partial charge in [-0.3, -0.25) is 0 Å². The molecule has 0 N–H and O–H groups in total. The second kappa shape index (κ2) is 16.4. The molecule has 11 rings (SSSR count). The van der Waals surface area contributed by atoms with E-state index < -0.39 is 35.2 Å². The molecule has 71 heavy (non-hydrogen) atoms. The Balaban J connectivity index is 1.22. The summed E-state index contributed by atoms with van der Waals surface area (Å²) in [6.45, 7) is 10.3. The Labute approximate surface area is 397 Å². The van der Waals surface area contributed by atoms with Crippen LogP contribution < -0.4 is 0 Å². The van der Waals surface area contributed by atoms with E-state index in [0.29, 0.717) is 61.4 Å². The van der Waals surface area contributed by atoms with Crippen LogP contribution in [0.5, 0.6) is 0 Å². The van der Waals surface area contributed by atoms with E-state index in [1.54, 1.807) is 47.0 Å². The van der Waals surface area contributed by atoms with Gasteiger partial charge in [0.2, 0.25) is 0 Å². The fourth-order valence-corrected chi connectivity index (χ4v) is 9.23. The number of fused-ring (bicyclic) bond motifs is 6. The number of hydrogen-bond acceptors (Lipinski definition) is 3. The van der Waals surface area contributed by atoms with Gasteiger partial charge in [-0.25, -0.2) is 19.8 Å². The molecule has 0 aliphatic rings. The van der Waals surface area contributed by atoms with Gasteiger partial charge in [0.15, 0.2) is 23.2 Å². The van der Waals surface area contributed by atoms with Crippen LogP contribution >= 0.6 is 0 Å². The molecule has 0 amide bonds. The van der Waals surface area contributed by atoms with Crippen molar-refractivity contribution in [2.24, 2.45) is 0 Å². The largest absolute Gasteiger partial charge is 0.416 e. The highest BCUT2D eigenvalue weighted by Gasteiger charge is 2.34. The first-order valence-electron chi connectivity index (χ1n) is 21.8. The quantitative estimate of drug-likeness (QED) is 0.123. The van der Waals surface area contributed by atoms with Crippen molar-refractivity contribution >= 4 is 49.3 Å². The van der Waals surface area contributed by atoms with Crippen LogP contribution in [0, 0.1) is 13.5 Å². The van der Waals surface area contributed by atoms with E-state index in [0.717, 1.165) is 42.0 Å². The van der Waals surface area contributed by atoms with E-state index in [1.165, 1.54) is 28.8 Å². The third-order valence-corrected chi connectivity index (χ3v) is 12.5. The van der Waals surface area contributed by atoms with Crippen LogP contribution in [0.3, 0.4) is 0 Å². The molecular weight excluding hydrogens is 928 g/mol. The SMILES string of the molecule is [C-]#[N+]c1ccc(-n2c3ccc(C(F)(F)F)cc3c3cc(C(F)(F)F)ccc32)cc1-c1cc(-c2nc(-c3ccccc3)nc(-c3ccccc3)n2)ccc1-n1c2ccc(C)cc2c2cc(C(F)(F)F)ccc21. The van der Waals surface area contributed by atoms with Crippen LogP contribution in [0.25, 0.3) is 105 Å². The lowest BCUT2D eigenvalue weighted by atomic mass is 9.97. The normalized spacial score (nSPS) is 12.4. The predicted octanol–water partition coefficient (Wildman–Crippen LogP) is 16.6. The van der Waals surface area contributed by atoms with Crippen LogP contribution in [-0.4, -0.2) is 24.1 Å². The Morgan fingerprint density at radius 3 is 1.31 bits per heavy atom. The van der Waals surface area contributed by atoms with Crippen molar-refractivity contribution in [1.82, 2.24) is 24.1 Å². The van der Waals surface area contributed by atoms with E-state index in [1.807, 2.05) is 73.7 Å². The van der Waals surface area contributed by atoms with Crippen molar-refractivity contribution in [3.63, 3.8) is 0 Å². The van der Waals surface area contributed by atoms with Crippen molar-refractivity contribution in [2.75, 3.05) is 0 Å². The average molecular weight is 959 g/mol. The van der Waals surface area contributed by atoms with Crippen molar-refractivity contribution < 1.29 is 39.5 Å². The molecule has 0 spiro atoms. The Morgan fingerprint density at radius 1 is 0.408 bits per heavy atom. The minimum absolute atomic E-state index is 0.0866. The van der Waals surface area contributed by atoms with Gasteiger partial charge in [-0.05, 0) is 115 Å². The number of halogens is 9. The van der Waals surface area contributed by atoms with E-state index in [2.05, 4.69) is 4.85 Å². The summed E-state index contributed by atoms with van der Waals surface area (Å²) < 4.78 is 131. The number of alkyl halides is 9. The second-order valence-corrected chi connectivity index (χ2v) is 17.0. The van der Waals surface area contributed by atoms with Crippen LogP contribution in [-0.2, 0) is 18.5 Å². The lowest BCUT2D eigenvalue weighted by Crippen LogP contribution is -2.05. The minimum Gasteiger partial charge on any atom is -0.309 e. The highest BCUT2D eigenvalue weighted by atomic mass is 19.4. The number of aromatic nitrogens is 5. The Morgan fingerprint density at radius 2 is 0.845 bits per heavy atom. The van der Waals surface area contributed by atoms with Gasteiger partial charge in [-0.1, -0.05) is 78.4 Å². The van der Waals surface area contributed by atoms with E-state index in [9.17, 15) is 39.5 Å². The van der Waals surface area contributed by atoms with E-state index in [-0.39, 0.29) is 44.6 Å². The van der Waals surface area contributed by atoms with Crippen molar-refractivity contribution in [3.05, 3.63) is 204 Å². The van der Waals surface area contributed by atoms with Gasteiger partial charge in [0.1, 0.15) is 0 Å². The predicted molar refractivity (Wildman–Crippen MR) is 256 cm³/mol. The molecule has 0 saturated heterocycles. The summed E-state index contributed by atoms with van der Waals surface area (Å²) in [7, 11) is 0. The molecule has 0 atom stereocenters. The molecule has 6 nitrogen and oxygen atoms in total. The van der Waals surface area contributed by atoms with Gasteiger partial charge < -0.3 is 9.13 Å². The highest BCUT2D eigenvalue weighted by molar-refractivity contribution is 6.12. The van der Waals surface area contributed by atoms with Crippen LogP contribution in [0.1, 0.15) is 22.3 Å². The van der Waals surface area contributed by atoms with Gasteiger partial charge in [0, 0.05) is 43.9 Å². The van der Waals surface area contributed by atoms with E-state index >= 15 is 0 Å². The molecule has 0 fully saturated rings. The van der Waals surface area contributed by atoms with Crippen LogP contribution in [0.2, 0.25) is 0 Å². The van der Waals surface area contributed by atoms with Crippen molar-refractivity contribution in [1.29, 1.82) is 0 Å². The van der Waals surface area contributed by atoms with Crippen molar-refractivity contribution in [3.8, 4) is 56.7 Å². The summed E-state index contributed by atoms with van der Waals surface area (Å²) in [4.78, 5) is 18.6. The van der Waals surface area contributed by atoms with Gasteiger partial charge in [-0.2, -0.15) is 39.5 Å². The monoisotopic (exact) mass is 958 g/mol. The van der Waals surface area contributed by atoms with E-state index in [4.69, 9.17) is 21.5 Å². The van der Waals surface area contributed by atoms with Crippen LogP contribution in [0.15, 0.2) is 170 Å². The van der Waals surface area contributed by atoms with Gasteiger partial charge in [0.05, 0.1) is 51.0 Å². The Bertz CT molecular complexity index is 3850. The fourth-order valence-electron chi connectivity index (χ4n) is 9.23. The smallest absolute Gasteiger partial charge is 0.309 e. The summed E-state index contributed by atoms with van der Waals surface area (Å²) in [5.41, 5.74) is 2.42. The summed E-state index contributed by atoms with van der Waals surface area (Å²) >= 11 is 0. The summed E-state index contributed by atoms with van der Waals surface area (Å²) in [5, 5.41) is 0.666. The van der Waals surface area contributed by atoms with Gasteiger partial charge in [-0.15, -0.1) is 0 Å². The topological polar surface area (TPSA) is 52.9 Å². The number of benzene rings is 8. The molecule has 348 valence electrons. The third-order valence-electron chi connectivity index (χ3n) is 12.5. The lowest BCUT2D eigenvalue weighted by molar-refractivity contribution is -0.138. The third kappa shape index (κ3) is 7.87. The zero-order chi connectivity index (χ0) is 49.6. The van der Waals surface area contributed by atoms with Crippen molar-refractivity contribution in [2.45, 2.75) is 25.5 Å². The van der Waals surface area contributed by atoms with Gasteiger partial charge >= 0.3 is 18.5 Å². The maximum atomic E-state index is 14.3. The first kappa shape index (κ1) is 44.7. The van der Waals surface area contributed by atoms with Crippen LogP contribution in [0.4, 0.5) is 45.2 Å². The summed E-state index contributed by atoms with van der Waals surface area (Å²) in [5.74, 6) is 0.953. The molecule has 0 radical (unpaired) electrons. The maximum absolute atomic E-state index is 14.3. The number of hydrogen-bond donors (Lipinski definition) is 0. The number of nitrogens with zero attached hydrogens (tertiary/aromatic N) is 6. The summed E-state index contributed by atoms with van der Waals surface area (Å²) in [6.07, 6.45) is -14.3. The standard InChI is InChI=1S/C56H31F9N6/c1-31-13-20-48-40(25-31)42-27-37(56(63,64)65)17-24-50(42)71(48)49-21-14-34(53-68-51(32-9-5-3-6-10-32)67-52(69-53)33-11-7-4-8-12-33)26-41(49)39-30-38(18-19-45(39)66-2)70-46-22-15-35(54(57,58)59)28-43(46)44-29-36(55(60,61)62)16-23-47(44)70/h3-30H,1H3.